The van der Waals surface area contributed by atoms with Crippen LogP contribution in [-0.2, 0) is 11.0 Å². The van der Waals surface area contributed by atoms with Gasteiger partial charge in [0.25, 0.3) is 11.1 Å². The summed E-state index contributed by atoms with van der Waals surface area (Å²) in [6.45, 7) is 0. The zero-order valence-electron chi connectivity index (χ0n) is 12.4. The molecule has 1 aliphatic rings. The SMILES string of the molecule is O=C1S/C(=C\c2ccc(F)cc2)C(=O)N1c1cccc(C(F)(F)F)c1. The van der Waals surface area contributed by atoms with E-state index in [1.54, 1.807) is 0 Å². The second-order valence-corrected chi connectivity index (χ2v) is 6.11. The normalized spacial score (nSPS) is 16.8. The summed E-state index contributed by atoms with van der Waals surface area (Å²) in [6.07, 6.45) is -3.19. The highest BCUT2D eigenvalue weighted by atomic mass is 32.2. The van der Waals surface area contributed by atoms with Crippen molar-refractivity contribution in [3.8, 4) is 0 Å². The van der Waals surface area contributed by atoms with Crippen molar-refractivity contribution < 1.29 is 27.2 Å². The highest BCUT2D eigenvalue weighted by molar-refractivity contribution is 8.19. The highest BCUT2D eigenvalue weighted by Crippen LogP contribution is 2.38. The van der Waals surface area contributed by atoms with E-state index in [-0.39, 0.29) is 10.6 Å². The topological polar surface area (TPSA) is 37.4 Å². The number of rotatable bonds is 2. The molecular weight excluding hydrogens is 358 g/mol. The molecule has 0 saturated carbocycles. The van der Waals surface area contributed by atoms with Crippen molar-refractivity contribution in [3.63, 3.8) is 0 Å². The average Bonchev–Trinajstić information content (AvgIpc) is 2.83. The van der Waals surface area contributed by atoms with Crippen molar-refractivity contribution in [2.45, 2.75) is 6.18 Å². The van der Waals surface area contributed by atoms with Crippen molar-refractivity contribution in [2.75, 3.05) is 4.90 Å². The van der Waals surface area contributed by atoms with Gasteiger partial charge in [0, 0.05) is 0 Å². The first kappa shape index (κ1) is 17.2. The number of halogens is 4. The molecule has 0 spiro atoms. The fraction of sp³-hybridized carbons (Fsp3) is 0.0588. The molecule has 2 aromatic rings. The quantitative estimate of drug-likeness (QED) is 0.548. The molecule has 8 heteroatoms. The van der Waals surface area contributed by atoms with Crippen molar-refractivity contribution in [2.24, 2.45) is 0 Å². The monoisotopic (exact) mass is 367 g/mol. The minimum Gasteiger partial charge on any atom is -0.268 e. The van der Waals surface area contributed by atoms with Gasteiger partial charge in [-0.25, -0.2) is 9.29 Å². The molecule has 0 bridgehead atoms. The Bertz CT molecular complexity index is 875. The molecule has 0 atom stereocenters. The number of carbonyl (C=O) groups excluding carboxylic acids is 2. The number of imide groups is 1. The minimum absolute atomic E-state index is 0.0500. The van der Waals surface area contributed by atoms with Crippen LogP contribution < -0.4 is 4.90 Å². The van der Waals surface area contributed by atoms with Crippen molar-refractivity contribution in [1.82, 2.24) is 0 Å². The molecule has 1 saturated heterocycles. The fourth-order valence-corrected chi connectivity index (χ4v) is 3.06. The van der Waals surface area contributed by atoms with Crippen LogP contribution in [0.15, 0.2) is 53.4 Å². The zero-order valence-corrected chi connectivity index (χ0v) is 13.2. The zero-order chi connectivity index (χ0) is 18.2. The molecule has 0 radical (unpaired) electrons. The summed E-state index contributed by atoms with van der Waals surface area (Å²) in [5.41, 5.74) is -0.609. The number of alkyl halides is 3. The number of amides is 2. The number of hydrogen-bond acceptors (Lipinski definition) is 3. The van der Waals surface area contributed by atoms with Gasteiger partial charge in [-0.15, -0.1) is 0 Å². The van der Waals surface area contributed by atoms with E-state index in [4.69, 9.17) is 0 Å². The fourth-order valence-electron chi connectivity index (χ4n) is 2.22. The van der Waals surface area contributed by atoms with Crippen molar-refractivity contribution in [3.05, 3.63) is 70.4 Å². The summed E-state index contributed by atoms with van der Waals surface area (Å²) in [5, 5.41) is -0.697. The Morgan fingerprint density at radius 1 is 1.00 bits per heavy atom. The molecule has 3 rings (SSSR count). The van der Waals surface area contributed by atoms with Crippen LogP contribution >= 0.6 is 11.8 Å². The van der Waals surface area contributed by atoms with E-state index < -0.39 is 28.7 Å². The molecule has 0 aliphatic carbocycles. The largest absolute Gasteiger partial charge is 0.416 e. The van der Waals surface area contributed by atoms with Crippen molar-refractivity contribution >= 4 is 34.7 Å². The molecule has 0 N–H and O–H groups in total. The molecule has 1 aliphatic heterocycles. The Balaban J connectivity index is 1.93. The third-order valence-electron chi connectivity index (χ3n) is 3.39. The molecule has 25 heavy (non-hydrogen) atoms. The Morgan fingerprint density at radius 2 is 1.68 bits per heavy atom. The lowest BCUT2D eigenvalue weighted by Crippen LogP contribution is -2.28. The second-order valence-electron chi connectivity index (χ2n) is 5.12. The number of nitrogens with zero attached hydrogens (tertiary/aromatic N) is 1. The van der Waals surface area contributed by atoms with Crippen LogP contribution in [0.2, 0.25) is 0 Å². The van der Waals surface area contributed by atoms with Crippen LogP contribution in [0.3, 0.4) is 0 Å². The van der Waals surface area contributed by atoms with Gasteiger partial charge in [-0.05, 0) is 53.7 Å². The summed E-state index contributed by atoms with van der Waals surface area (Å²) in [5.74, 6) is -1.17. The van der Waals surface area contributed by atoms with Gasteiger partial charge in [-0.1, -0.05) is 18.2 Å². The maximum Gasteiger partial charge on any atom is 0.416 e. The Hall–Kier alpha value is -2.61. The molecule has 1 fully saturated rings. The van der Waals surface area contributed by atoms with Gasteiger partial charge < -0.3 is 0 Å². The molecule has 128 valence electrons. The van der Waals surface area contributed by atoms with E-state index >= 15 is 0 Å². The minimum atomic E-state index is -4.58. The van der Waals surface area contributed by atoms with E-state index in [9.17, 15) is 27.2 Å². The molecule has 0 unspecified atom stereocenters. The van der Waals surface area contributed by atoms with Gasteiger partial charge in [-0.2, -0.15) is 13.2 Å². The third-order valence-corrected chi connectivity index (χ3v) is 4.26. The van der Waals surface area contributed by atoms with E-state index in [2.05, 4.69) is 0 Å². The molecular formula is C17H9F4NO2S. The van der Waals surface area contributed by atoms with E-state index in [1.807, 2.05) is 0 Å². The molecule has 2 aromatic carbocycles. The number of hydrogen-bond donors (Lipinski definition) is 0. The molecule has 2 amide bonds. The molecule has 0 aromatic heterocycles. The molecule has 1 heterocycles. The third kappa shape index (κ3) is 3.58. The predicted molar refractivity (Wildman–Crippen MR) is 86.3 cm³/mol. The van der Waals surface area contributed by atoms with E-state index in [0.29, 0.717) is 22.2 Å². The van der Waals surface area contributed by atoms with Gasteiger partial charge in [-0.3, -0.25) is 9.59 Å². The average molecular weight is 367 g/mol. The summed E-state index contributed by atoms with van der Waals surface area (Å²) in [4.78, 5) is 25.2. The Morgan fingerprint density at radius 3 is 2.32 bits per heavy atom. The lowest BCUT2D eigenvalue weighted by Gasteiger charge is -2.14. The van der Waals surface area contributed by atoms with Crippen LogP contribution in [0.4, 0.5) is 28.0 Å². The summed E-state index contributed by atoms with van der Waals surface area (Å²) < 4.78 is 51.3. The van der Waals surface area contributed by atoms with Crippen LogP contribution in [0.1, 0.15) is 11.1 Å². The maximum absolute atomic E-state index is 12.9. The second kappa shape index (κ2) is 6.36. The van der Waals surface area contributed by atoms with Crippen LogP contribution in [0.5, 0.6) is 0 Å². The standard InChI is InChI=1S/C17H9F4NO2S/c18-12-6-4-10(5-7-12)8-14-15(23)22(16(24)25-14)13-3-1-2-11(9-13)17(19,20)21/h1-9H/b14-8-. The summed E-state index contributed by atoms with van der Waals surface area (Å²) in [7, 11) is 0. The first-order chi connectivity index (χ1) is 11.8. The van der Waals surface area contributed by atoms with Crippen LogP contribution in [-0.4, -0.2) is 11.1 Å². The van der Waals surface area contributed by atoms with Gasteiger partial charge in [0.15, 0.2) is 0 Å². The maximum atomic E-state index is 12.9. The first-order valence-corrected chi connectivity index (χ1v) is 7.78. The lowest BCUT2D eigenvalue weighted by molar-refractivity contribution is -0.137. The number of benzene rings is 2. The van der Waals surface area contributed by atoms with E-state index in [0.717, 1.165) is 18.2 Å². The lowest BCUT2D eigenvalue weighted by atomic mass is 10.1. The van der Waals surface area contributed by atoms with E-state index in [1.165, 1.54) is 36.4 Å². The Labute approximate surface area is 143 Å². The smallest absolute Gasteiger partial charge is 0.268 e. The summed E-state index contributed by atoms with van der Waals surface area (Å²) in [6, 6.07) is 9.23. The van der Waals surface area contributed by atoms with Gasteiger partial charge in [0.2, 0.25) is 0 Å². The summed E-state index contributed by atoms with van der Waals surface area (Å²) >= 11 is 0.613. The highest BCUT2D eigenvalue weighted by Gasteiger charge is 2.38. The number of carbonyl (C=O) groups is 2. The number of thioether (sulfide) groups is 1. The van der Waals surface area contributed by atoms with Gasteiger partial charge in [0.05, 0.1) is 16.2 Å². The predicted octanol–water partition coefficient (Wildman–Crippen LogP) is 5.09. The first-order valence-electron chi connectivity index (χ1n) is 6.96. The van der Waals surface area contributed by atoms with Gasteiger partial charge in [0.1, 0.15) is 5.82 Å². The van der Waals surface area contributed by atoms with Crippen LogP contribution in [0.25, 0.3) is 6.08 Å². The van der Waals surface area contributed by atoms with Crippen molar-refractivity contribution in [1.29, 1.82) is 0 Å². The number of anilines is 1. The Kier molecular flexibility index (Phi) is 4.38. The van der Waals surface area contributed by atoms with Crippen LogP contribution in [0, 0.1) is 5.82 Å². The molecule has 3 nitrogen and oxygen atoms in total. The van der Waals surface area contributed by atoms with Gasteiger partial charge >= 0.3 is 6.18 Å².